The molecule has 0 bridgehead atoms. The van der Waals surface area contributed by atoms with Gasteiger partial charge < -0.3 is 4.74 Å². The van der Waals surface area contributed by atoms with Crippen LogP contribution in [0.2, 0.25) is 0 Å². The van der Waals surface area contributed by atoms with Crippen LogP contribution in [0.5, 0.6) is 5.75 Å². The molecule has 2 aliphatic rings. The van der Waals surface area contributed by atoms with E-state index in [2.05, 4.69) is 4.72 Å². The van der Waals surface area contributed by atoms with Crippen LogP contribution < -0.4 is 9.46 Å². The standard InChI is InChI=1S/C20H20FNO3S/c21-16-8-10-20-18(13-16)19(6-3-11-25-20)22-26(23,24)17-9-7-14-4-1-2-5-15(14)12-17/h1-2,4-5,8,10,12-13,19,22H,3,6-7,9,11H2/t19-/m0/s1. The number of nitrogens with one attached hydrogen (secondary N) is 1. The third-order valence-electron chi connectivity index (χ3n) is 4.90. The topological polar surface area (TPSA) is 55.4 Å². The van der Waals surface area contributed by atoms with E-state index in [1.807, 2.05) is 24.3 Å². The molecule has 1 aliphatic heterocycles. The van der Waals surface area contributed by atoms with Gasteiger partial charge in [-0.25, -0.2) is 17.5 Å². The number of allylic oxidation sites excluding steroid dienone is 1. The first kappa shape index (κ1) is 17.2. The van der Waals surface area contributed by atoms with Gasteiger partial charge in [0.1, 0.15) is 11.6 Å². The minimum atomic E-state index is -3.66. The number of aryl methyl sites for hydroxylation is 1. The van der Waals surface area contributed by atoms with Crippen molar-refractivity contribution < 1.29 is 17.5 Å². The Morgan fingerprint density at radius 1 is 1.12 bits per heavy atom. The predicted octanol–water partition coefficient (Wildman–Crippen LogP) is 3.95. The summed E-state index contributed by atoms with van der Waals surface area (Å²) >= 11 is 0. The molecular weight excluding hydrogens is 353 g/mol. The number of halogens is 1. The van der Waals surface area contributed by atoms with Crippen molar-refractivity contribution in [1.29, 1.82) is 0 Å². The minimum Gasteiger partial charge on any atom is -0.493 e. The quantitative estimate of drug-likeness (QED) is 0.886. The van der Waals surface area contributed by atoms with Crippen molar-refractivity contribution in [2.24, 2.45) is 0 Å². The van der Waals surface area contributed by atoms with Crippen molar-refractivity contribution in [3.63, 3.8) is 0 Å². The SMILES string of the molecule is O=S(=O)(N[C@H]1CCCOc2ccc(F)cc21)C1=Cc2ccccc2CC1. The Morgan fingerprint density at radius 2 is 1.96 bits per heavy atom. The van der Waals surface area contributed by atoms with Gasteiger partial charge in [-0.1, -0.05) is 24.3 Å². The Balaban J connectivity index is 1.65. The average Bonchev–Trinajstić information content (AvgIpc) is 2.83. The van der Waals surface area contributed by atoms with E-state index < -0.39 is 21.9 Å². The highest BCUT2D eigenvalue weighted by Crippen LogP contribution is 2.34. The Morgan fingerprint density at radius 3 is 2.85 bits per heavy atom. The zero-order chi connectivity index (χ0) is 18.1. The summed E-state index contributed by atoms with van der Waals surface area (Å²) in [5.41, 5.74) is 2.65. The molecule has 4 nitrogen and oxygen atoms in total. The number of hydrogen-bond donors (Lipinski definition) is 1. The second-order valence-electron chi connectivity index (χ2n) is 6.66. The van der Waals surface area contributed by atoms with Crippen molar-refractivity contribution >= 4 is 16.1 Å². The summed E-state index contributed by atoms with van der Waals surface area (Å²) in [6, 6.07) is 11.6. The van der Waals surface area contributed by atoms with Crippen LogP contribution >= 0.6 is 0 Å². The van der Waals surface area contributed by atoms with Crippen molar-refractivity contribution in [3.8, 4) is 5.75 Å². The van der Waals surface area contributed by atoms with Crippen molar-refractivity contribution in [3.05, 3.63) is 69.9 Å². The molecule has 4 rings (SSSR count). The van der Waals surface area contributed by atoms with E-state index in [1.54, 1.807) is 12.1 Å². The molecule has 2 aromatic rings. The Kier molecular flexibility index (Phi) is 4.54. The summed E-state index contributed by atoms with van der Waals surface area (Å²) in [5.74, 6) is 0.142. The van der Waals surface area contributed by atoms with Gasteiger partial charge in [0, 0.05) is 5.56 Å². The summed E-state index contributed by atoms with van der Waals surface area (Å²) in [6.45, 7) is 0.493. The van der Waals surface area contributed by atoms with Gasteiger partial charge in [0.05, 0.1) is 17.6 Å². The normalized spacial score (nSPS) is 19.6. The minimum absolute atomic E-state index is 0.374. The van der Waals surface area contributed by atoms with Crippen LogP contribution in [0.25, 0.3) is 6.08 Å². The molecule has 0 unspecified atom stereocenters. The molecule has 0 fully saturated rings. The van der Waals surface area contributed by atoms with Crippen molar-refractivity contribution in [1.82, 2.24) is 4.72 Å². The van der Waals surface area contributed by atoms with Gasteiger partial charge in [-0.15, -0.1) is 0 Å². The molecule has 1 aliphatic carbocycles. The molecule has 136 valence electrons. The van der Waals surface area contributed by atoms with Gasteiger partial charge in [0.25, 0.3) is 0 Å². The highest BCUT2D eigenvalue weighted by Gasteiger charge is 2.28. The van der Waals surface area contributed by atoms with E-state index in [1.165, 1.54) is 12.1 Å². The molecule has 6 heteroatoms. The maximum atomic E-state index is 13.7. The maximum absolute atomic E-state index is 13.7. The fraction of sp³-hybridized carbons (Fsp3) is 0.300. The molecule has 1 atom stereocenters. The first-order chi connectivity index (χ1) is 12.5. The molecule has 1 N–H and O–H groups in total. The van der Waals surface area contributed by atoms with Crippen LogP contribution in [-0.2, 0) is 16.4 Å². The molecule has 26 heavy (non-hydrogen) atoms. The van der Waals surface area contributed by atoms with E-state index in [-0.39, 0.29) is 0 Å². The van der Waals surface area contributed by atoms with E-state index in [4.69, 9.17) is 4.74 Å². The molecule has 0 saturated carbocycles. The van der Waals surface area contributed by atoms with Crippen LogP contribution in [-0.4, -0.2) is 15.0 Å². The van der Waals surface area contributed by atoms with Crippen molar-refractivity contribution in [2.75, 3.05) is 6.61 Å². The summed E-state index contributed by atoms with van der Waals surface area (Å²) in [4.78, 5) is 0.374. The first-order valence-electron chi connectivity index (χ1n) is 8.76. The molecule has 2 aromatic carbocycles. The third kappa shape index (κ3) is 3.39. The average molecular weight is 373 g/mol. The number of rotatable bonds is 3. The Hall–Kier alpha value is -2.18. The number of benzene rings is 2. The zero-order valence-electron chi connectivity index (χ0n) is 14.2. The Labute approximate surface area is 152 Å². The largest absolute Gasteiger partial charge is 0.493 e. The first-order valence-corrected chi connectivity index (χ1v) is 10.2. The van der Waals surface area contributed by atoms with E-state index >= 15 is 0 Å². The lowest BCUT2D eigenvalue weighted by Gasteiger charge is -2.22. The van der Waals surface area contributed by atoms with Gasteiger partial charge in [0.15, 0.2) is 0 Å². The van der Waals surface area contributed by atoms with E-state index in [9.17, 15) is 12.8 Å². The summed E-state index contributed by atoms with van der Waals surface area (Å²) in [5, 5.41) is 0. The molecular formula is C20H20FNO3S. The smallest absolute Gasteiger partial charge is 0.237 e. The maximum Gasteiger partial charge on any atom is 0.237 e. The van der Waals surface area contributed by atoms with E-state index in [0.29, 0.717) is 48.5 Å². The molecule has 0 saturated heterocycles. The number of fused-ring (bicyclic) bond motifs is 2. The monoisotopic (exact) mass is 373 g/mol. The van der Waals surface area contributed by atoms with Crippen LogP contribution in [0.4, 0.5) is 4.39 Å². The molecule has 0 spiro atoms. The van der Waals surface area contributed by atoms with Crippen molar-refractivity contribution in [2.45, 2.75) is 31.7 Å². The van der Waals surface area contributed by atoms with Gasteiger partial charge in [0.2, 0.25) is 10.0 Å². The third-order valence-corrected chi connectivity index (χ3v) is 6.50. The lowest BCUT2D eigenvalue weighted by Crippen LogP contribution is -2.30. The summed E-state index contributed by atoms with van der Waals surface area (Å²) in [6.07, 6.45) is 4.17. The zero-order valence-corrected chi connectivity index (χ0v) is 15.1. The summed E-state index contributed by atoms with van der Waals surface area (Å²) < 4.78 is 48.0. The van der Waals surface area contributed by atoms with Gasteiger partial charge in [-0.05, 0) is 61.1 Å². The van der Waals surface area contributed by atoms with Gasteiger partial charge >= 0.3 is 0 Å². The lowest BCUT2D eigenvalue weighted by molar-refractivity contribution is 0.315. The molecule has 0 aromatic heterocycles. The van der Waals surface area contributed by atoms with Crippen LogP contribution in [0, 0.1) is 5.82 Å². The summed E-state index contributed by atoms with van der Waals surface area (Å²) in [7, 11) is -3.66. The number of hydrogen-bond acceptors (Lipinski definition) is 3. The highest BCUT2D eigenvalue weighted by molar-refractivity contribution is 7.93. The van der Waals surface area contributed by atoms with Gasteiger partial charge in [-0.2, -0.15) is 0 Å². The predicted molar refractivity (Wildman–Crippen MR) is 98.7 cm³/mol. The number of ether oxygens (including phenoxy) is 1. The van der Waals surface area contributed by atoms with Crippen LogP contribution in [0.1, 0.15) is 42.0 Å². The van der Waals surface area contributed by atoms with Crippen LogP contribution in [0.3, 0.4) is 0 Å². The van der Waals surface area contributed by atoms with E-state index in [0.717, 1.165) is 11.1 Å². The number of sulfonamides is 1. The fourth-order valence-corrected chi connectivity index (χ4v) is 4.98. The fourth-order valence-electron chi connectivity index (χ4n) is 3.55. The molecule has 1 heterocycles. The van der Waals surface area contributed by atoms with Gasteiger partial charge in [-0.3, -0.25) is 0 Å². The Bertz CT molecular complexity index is 969. The molecule has 0 amide bonds. The lowest BCUT2D eigenvalue weighted by atomic mass is 9.98. The second-order valence-corrected chi connectivity index (χ2v) is 8.42. The second kappa shape index (κ2) is 6.85. The highest BCUT2D eigenvalue weighted by atomic mass is 32.2. The molecule has 0 radical (unpaired) electrons. The van der Waals surface area contributed by atoms with Crippen LogP contribution in [0.15, 0.2) is 47.4 Å².